The van der Waals surface area contributed by atoms with Crippen LogP contribution in [0.1, 0.15) is 16.1 Å². The van der Waals surface area contributed by atoms with Gasteiger partial charge in [-0.3, -0.25) is 14.4 Å². The minimum absolute atomic E-state index is 0.160. The van der Waals surface area contributed by atoms with E-state index in [9.17, 15) is 4.79 Å². The molecule has 0 atom stereocenters. The Morgan fingerprint density at radius 2 is 1.92 bits per heavy atom. The average Bonchev–Trinajstić information content (AvgIpc) is 3.26. The van der Waals surface area contributed by atoms with E-state index in [0.29, 0.717) is 11.4 Å². The van der Waals surface area contributed by atoms with Gasteiger partial charge in [0.2, 0.25) is 0 Å². The first-order valence-corrected chi connectivity index (χ1v) is 12.5. The van der Waals surface area contributed by atoms with Crippen molar-refractivity contribution in [3.63, 3.8) is 0 Å². The molecule has 190 valence electrons. The Labute approximate surface area is 215 Å². The lowest BCUT2D eigenvalue weighted by Gasteiger charge is -2.37. The summed E-state index contributed by atoms with van der Waals surface area (Å²) in [7, 11) is 1.98. The van der Waals surface area contributed by atoms with E-state index < -0.39 is 0 Å². The van der Waals surface area contributed by atoms with Crippen LogP contribution < -0.4 is 16.0 Å². The van der Waals surface area contributed by atoms with E-state index in [2.05, 4.69) is 48.4 Å². The van der Waals surface area contributed by atoms with Crippen LogP contribution in [-0.2, 0) is 18.3 Å². The number of pyridine rings is 2. The number of amides is 1. The first-order valence-electron chi connectivity index (χ1n) is 12.5. The molecule has 3 N–H and O–H groups in total. The molecule has 6 rings (SSSR count). The van der Waals surface area contributed by atoms with Crippen molar-refractivity contribution < 1.29 is 9.53 Å². The molecule has 0 radical (unpaired) electrons. The van der Waals surface area contributed by atoms with Gasteiger partial charge in [-0.1, -0.05) is 12.1 Å². The van der Waals surface area contributed by atoms with Gasteiger partial charge in [0.1, 0.15) is 11.6 Å². The van der Waals surface area contributed by atoms with Gasteiger partial charge in [-0.2, -0.15) is 5.10 Å². The van der Waals surface area contributed by atoms with Crippen molar-refractivity contribution in [1.82, 2.24) is 24.6 Å². The summed E-state index contributed by atoms with van der Waals surface area (Å²) in [6, 6.07) is 11.8. The fraction of sp³-hybridized carbons (Fsp3) is 0.333. The molecule has 5 heterocycles. The zero-order valence-corrected chi connectivity index (χ0v) is 20.8. The summed E-state index contributed by atoms with van der Waals surface area (Å²) >= 11 is 0. The number of aromatic nitrogens is 4. The van der Waals surface area contributed by atoms with Gasteiger partial charge < -0.3 is 20.7 Å². The molecule has 0 saturated carbocycles. The molecule has 1 amide bonds. The highest BCUT2D eigenvalue weighted by Gasteiger charge is 2.25. The molecule has 0 spiro atoms. The fourth-order valence-corrected chi connectivity index (χ4v) is 4.86. The maximum absolute atomic E-state index is 13.0. The third-order valence-corrected chi connectivity index (χ3v) is 7.05. The molecule has 10 heteroatoms. The summed E-state index contributed by atoms with van der Waals surface area (Å²) in [6.07, 6.45) is 5.36. The smallest absolute Gasteiger partial charge is 0.257 e. The predicted octanol–water partition coefficient (Wildman–Crippen LogP) is 2.26. The molecule has 3 aromatic heterocycles. The lowest BCUT2D eigenvalue weighted by Crippen LogP contribution is -2.56. The number of rotatable bonds is 6. The van der Waals surface area contributed by atoms with Crippen molar-refractivity contribution in [2.75, 3.05) is 49.6 Å². The highest BCUT2D eigenvalue weighted by atomic mass is 16.5. The molecule has 2 aliphatic rings. The zero-order chi connectivity index (χ0) is 25.4. The number of benzene rings is 1. The number of nitrogens with two attached hydrogens (primary N) is 1. The first-order chi connectivity index (χ1) is 18.0. The number of ether oxygens (including phenoxy) is 1. The molecule has 37 heavy (non-hydrogen) atoms. The summed E-state index contributed by atoms with van der Waals surface area (Å²) in [5.41, 5.74) is 9.77. The monoisotopic (exact) mass is 498 g/mol. The minimum atomic E-state index is -0.225. The van der Waals surface area contributed by atoms with Crippen molar-refractivity contribution in [2.45, 2.75) is 12.6 Å². The topological polar surface area (TPSA) is 114 Å². The highest BCUT2D eigenvalue weighted by molar-refractivity contribution is 6.05. The second kappa shape index (κ2) is 9.89. The molecule has 0 aliphatic carbocycles. The number of aryl methyl sites for hydroxylation is 1. The van der Waals surface area contributed by atoms with Gasteiger partial charge >= 0.3 is 0 Å². The summed E-state index contributed by atoms with van der Waals surface area (Å²) < 4.78 is 7.45. The van der Waals surface area contributed by atoms with Crippen molar-refractivity contribution in [2.24, 2.45) is 12.8 Å². The largest absolute Gasteiger partial charge is 0.379 e. The van der Waals surface area contributed by atoms with Crippen LogP contribution in [0.4, 0.5) is 11.6 Å². The normalized spacial score (nSPS) is 16.6. The molecular weight excluding hydrogens is 468 g/mol. The summed E-state index contributed by atoms with van der Waals surface area (Å²) in [5, 5.41) is 9.47. The Kier molecular flexibility index (Phi) is 6.29. The van der Waals surface area contributed by atoms with Crippen molar-refractivity contribution in [1.29, 1.82) is 0 Å². The molecule has 2 fully saturated rings. The Bertz CT molecular complexity index is 1440. The number of anilines is 2. The third kappa shape index (κ3) is 4.91. The van der Waals surface area contributed by atoms with Crippen LogP contribution >= 0.6 is 0 Å². The van der Waals surface area contributed by atoms with Crippen molar-refractivity contribution in [3.8, 4) is 11.1 Å². The van der Waals surface area contributed by atoms with Gasteiger partial charge in [0.25, 0.3) is 5.91 Å². The number of carbonyl (C=O) groups excluding carboxylic acids is 1. The Morgan fingerprint density at radius 1 is 1.08 bits per heavy atom. The van der Waals surface area contributed by atoms with Crippen LogP contribution in [0.3, 0.4) is 0 Å². The maximum Gasteiger partial charge on any atom is 0.257 e. The van der Waals surface area contributed by atoms with Gasteiger partial charge in [0, 0.05) is 74.7 Å². The number of fused-ring (bicyclic) bond motifs is 1. The second-order valence-corrected chi connectivity index (χ2v) is 9.67. The molecule has 1 aromatic carbocycles. The summed E-state index contributed by atoms with van der Waals surface area (Å²) in [6.45, 7) is 5.68. The summed E-state index contributed by atoms with van der Waals surface area (Å²) in [5.74, 6) is 1.03. The van der Waals surface area contributed by atoms with E-state index in [1.54, 1.807) is 24.5 Å². The number of morpholine rings is 1. The van der Waals surface area contributed by atoms with E-state index >= 15 is 0 Å². The molecule has 2 saturated heterocycles. The SMILES string of the molecule is Cn1ncc(-c2ccc3cnc(NC(=O)c4ccnc(N5CC(N)C5)c4)cc3c2)c1CN1CCOCC1. The highest BCUT2D eigenvalue weighted by Crippen LogP contribution is 2.29. The average molecular weight is 499 g/mol. The fourth-order valence-electron chi connectivity index (χ4n) is 4.86. The molecule has 2 aliphatic heterocycles. The Hall–Kier alpha value is -3.86. The van der Waals surface area contributed by atoms with Gasteiger partial charge in [0.05, 0.1) is 25.1 Å². The molecule has 0 bridgehead atoms. The van der Waals surface area contributed by atoms with Crippen LogP contribution in [0.25, 0.3) is 21.9 Å². The third-order valence-electron chi connectivity index (χ3n) is 7.05. The Balaban J connectivity index is 1.23. The molecule has 0 unspecified atom stereocenters. The standard InChI is InChI=1S/C27H30N8O2/c1-33-24(17-34-6-8-37-9-7-34)23(14-31-33)18-2-3-20-13-30-25(11-21(20)10-18)32-27(36)19-4-5-29-26(12-19)35-15-22(28)16-35/h2-5,10-14,22H,6-9,15-17,28H2,1H3,(H,30,32,36). The predicted molar refractivity (Wildman–Crippen MR) is 142 cm³/mol. The number of hydrogen-bond acceptors (Lipinski definition) is 8. The maximum atomic E-state index is 13.0. The van der Waals surface area contributed by atoms with Gasteiger partial charge in [-0.25, -0.2) is 9.97 Å². The van der Waals surface area contributed by atoms with Gasteiger partial charge in [-0.05, 0) is 35.2 Å². The number of nitrogens with one attached hydrogen (secondary N) is 1. The lowest BCUT2D eigenvalue weighted by molar-refractivity contribution is 0.0332. The zero-order valence-electron chi connectivity index (χ0n) is 20.8. The number of nitrogens with zero attached hydrogens (tertiary/aromatic N) is 6. The lowest BCUT2D eigenvalue weighted by atomic mass is 10.0. The van der Waals surface area contributed by atoms with E-state index in [4.69, 9.17) is 10.5 Å². The molecule has 10 nitrogen and oxygen atoms in total. The molecule has 4 aromatic rings. The first kappa shape index (κ1) is 23.5. The van der Waals surface area contributed by atoms with E-state index in [1.807, 2.05) is 24.0 Å². The minimum Gasteiger partial charge on any atom is -0.379 e. The Morgan fingerprint density at radius 3 is 2.73 bits per heavy atom. The quantitative estimate of drug-likeness (QED) is 0.416. The van der Waals surface area contributed by atoms with Gasteiger partial charge in [-0.15, -0.1) is 0 Å². The van der Waals surface area contributed by atoms with Gasteiger partial charge in [0.15, 0.2) is 0 Å². The number of carbonyl (C=O) groups is 1. The van der Waals surface area contributed by atoms with Crippen LogP contribution in [0.15, 0.2) is 55.0 Å². The van der Waals surface area contributed by atoms with Crippen LogP contribution in [0.2, 0.25) is 0 Å². The molecular formula is C27H30N8O2. The second-order valence-electron chi connectivity index (χ2n) is 9.67. The van der Waals surface area contributed by atoms with Crippen LogP contribution in [0, 0.1) is 0 Å². The van der Waals surface area contributed by atoms with E-state index in [-0.39, 0.29) is 11.9 Å². The van der Waals surface area contributed by atoms with Crippen LogP contribution in [0.5, 0.6) is 0 Å². The van der Waals surface area contributed by atoms with Crippen LogP contribution in [-0.4, -0.2) is 76.0 Å². The number of hydrogen-bond donors (Lipinski definition) is 2. The van der Waals surface area contributed by atoms with E-state index in [0.717, 1.165) is 73.7 Å². The van der Waals surface area contributed by atoms with Crippen molar-refractivity contribution in [3.05, 3.63) is 66.2 Å². The van der Waals surface area contributed by atoms with E-state index in [1.165, 1.54) is 5.69 Å². The van der Waals surface area contributed by atoms with Crippen molar-refractivity contribution >= 4 is 28.3 Å². The summed E-state index contributed by atoms with van der Waals surface area (Å²) in [4.78, 5) is 26.3.